The van der Waals surface area contributed by atoms with E-state index in [1.807, 2.05) is 36.4 Å². The molecule has 2 aliphatic carbocycles. The first-order valence-corrected chi connectivity index (χ1v) is 17.9. The van der Waals surface area contributed by atoms with E-state index in [4.69, 9.17) is 24.2 Å². The number of hydrogen-bond donors (Lipinski definition) is 3. The molecule has 3 heterocycles. The summed E-state index contributed by atoms with van der Waals surface area (Å²) in [4.78, 5) is 62.1. The van der Waals surface area contributed by atoms with Gasteiger partial charge in [-0.25, -0.2) is 0 Å². The van der Waals surface area contributed by atoms with Crippen molar-refractivity contribution in [3.8, 4) is 0 Å². The van der Waals surface area contributed by atoms with Crippen LogP contribution >= 0.6 is 0 Å². The third kappa shape index (κ3) is 6.21. The van der Waals surface area contributed by atoms with Crippen LogP contribution in [0.4, 0.5) is 0 Å². The van der Waals surface area contributed by atoms with Gasteiger partial charge in [-0.2, -0.15) is 5.06 Å². The number of rotatable bonds is 10. The molecule has 2 bridgehead atoms. The summed E-state index contributed by atoms with van der Waals surface area (Å²) in [7, 11) is 3.35. The molecule has 276 valence electrons. The first-order valence-electron chi connectivity index (χ1n) is 17.9. The van der Waals surface area contributed by atoms with E-state index in [0.717, 1.165) is 22.3 Å². The van der Waals surface area contributed by atoms with Crippen molar-refractivity contribution in [2.24, 2.45) is 5.41 Å². The highest BCUT2D eigenvalue weighted by atomic mass is 16.8. The fraction of sp³-hybridized carbons (Fsp3) is 0.400. The van der Waals surface area contributed by atoms with Crippen LogP contribution in [-0.2, 0) is 59.4 Å². The summed E-state index contributed by atoms with van der Waals surface area (Å²) in [5.74, 6) is -2.49. The predicted molar refractivity (Wildman–Crippen MR) is 189 cm³/mol. The zero-order chi connectivity index (χ0) is 36.9. The molecule has 0 aromatic heterocycles. The zero-order valence-electron chi connectivity index (χ0n) is 29.5. The molecule has 8 rings (SSSR count). The second-order valence-electron chi connectivity index (χ2n) is 14.5. The Balaban J connectivity index is 1.12. The monoisotopic (exact) mass is 722 g/mol. The molecule has 5 aliphatic rings. The molecule has 1 spiro atoms. The molecule has 13 nitrogen and oxygen atoms in total. The van der Waals surface area contributed by atoms with Gasteiger partial charge in [-0.3, -0.25) is 24.0 Å². The number of nitrogens with one attached hydrogen (secondary N) is 2. The van der Waals surface area contributed by atoms with Crippen molar-refractivity contribution in [1.82, 2.24) is 20.6 Å². The summed E-state index contributed by atoms with van der Waals surface area (Å²) in [6.45, 7) is 0.137. The molecule has 3 N–H and O–H groups in total. The summed E-state index contributed by atoms with van der Waals surface area (Å²) >= 11 is 0. The molecule has 1 saturated carbocycles. The molecule has 3 aromatic carbocycles. The maximum atomic E-state index is 14.8. The lowest BCUT2D eigenvalue weighted by Crippen LogP contribution is -2.69. The Kier molecular flexibility index (Phi) is 9.15. The van der Waals surface area contributed by atoms with E-state index in [1.54, 1.807) is 44.4 Å². The van der Waals surface area contributed by atoms with Crippen molar-refractivity contribution in [2.45, 2.75) is 68.6 Å². The lowest BCUT2D eigenvalue weighted by atomic mass is 9.62. The number of hydrogen-bond acceptors (Lipinski definition) is 10. The molecule has 3 aromatic rings. The van der Waals surface area contributed by atoms with Gasteiger partial charge in [0, 0.05) is 58.1 Å². The Morgan fingerprint density at radius 1 is 0.962 bits per heavy atom. The van der Waals surface area contributed by atoms with Crippen molar-refractivity contribution in [1.29, 1.82) is 0 Å². The average Bonchev–Trinajstić information content (AvgIpc) is 3.83. The van der Waals surface area contributed by atoms with E-state index in [0.29, 0.717) is 24.0 Å². The predicted octanol–water partition coefficient (Wildman–Crippen LogP) is 1.91. The van der Waals surface area contributed by atoms with E-state index in [-0.39, 0.29) is 44.5 Å². The molecule has 6 unspecified atom stereocenters. The van der Waals surface area contributed by atoms with Crippen LogP contribution in [0.15, 0.2) is 78.9 Å². The number of carbonyl (C=O) groups excluding carboxylic acids is 4. The van der Waals surface area contributed by atoms with Crippen LogP contribution in [0, 0.1) is 5.41 Å². The third-order valence-electron chi connectivity index (χ3n) is 11.0. The van der Waals surface area contributed by atoms with Gasteiger partial charge in [0.15, 0.2) is 11.8 Å². The first kappa shape index (κ1) is 35.1. The number of esters is 1. The maximum absolute atomic E-state index is 14.8. The highest BCUT2D eigenvalue weighted by molar-refractivity contribution is 5.95. The van der Waals surface area contributed by atoms with Gasteiger partial charge >= 0.3 is 5.97 Å². The minimum atomic E-state index is -1.40. The molecule has 3 saturated heterocycles. The summed E-state index contributed by atoms with van der Waals surface area (Å²) < 4.78 is 19.7. The minimum Gasteiger partial charge on any atom is -0.458 e. The molecule has 13 heteroatoms. The summed E-state index contributed by atoms with van der Waals surface area (Å²) in [5.41, 5.74) is 3.44. The molecular formula is C40H42N4O9. The van der Waals surface area contributed by atoms with Crippen LogP contribution < -0.4 is 10.6 Å². The van der Waals surface area contributed by atoms with Crippen molar-refractivity contribution >= 4 is 29.8 Å². The van der Waals surface area contributed by atoms with Gasteiger partial charge in [-0.15, -0.1) is 0 Å². The van der Waals surface area contributed by atoms with Crippen molar-refractivity contribution in [3.63, 3.8) is 0 Å². The lowest BCUT2D eigenvalue weighted by molar-refractivity contribution is -0.217. The number of likely N-dealkylation sites (N-methyl/N-ethyl adjacent to an activating group) is 1. The molecular weight excluding hydrogens is 680 g/mol. The fourth-order valence-electron chi connectivity index (χ4n) is 8.52. The lowest BCUT2D eigenvalue weighted by Gasteiger charge is -2.48. The number of benzene rings is 3. The van der Waals surface area contributed by atoms with E-state index in [9.17, 15) is 19.2 Å². The smallest absolute Gasteiger partial charge is 0.327 e. The number of aliphatic hydroxyl groups excluding tert-OH is 1. The van der Waals surface area contributed by atoms with Crippen LogP contribution in [-0.4, -0.2) is 102 Å². The number of amides is 3. The van der Waals surface area contributed by atoms with Gasteiger partial charge in [0.1, 0.15) is 29.8 Å². The third-order valence-corrected chi connectivity index (χ3v) is 11.0. The number of ether oxygens (including phenoxy) is 3. The van der Waals surface area contributed by atoms with Gasteiger partial charge in [0.05, 0.1) is 13.2 Å². The van der Waals surface area contributed by atoms with Crippen molar-refractivity contribution in [2.75, 3.05) is 27.2 Å². The van der Waals surface area contributed by atoms with Crippen LogP contribution in [0.25, 0.3) is 6.08 Å². The number of fused-ring (bicyclic) bond motifs is 5. The van der Waals surface area contributed by atoms with E-state index < -0.39 is 53.5 Å². The van der Waals surface area contributed by atoms with Gasteiger partial charge in [-0.05, 0) is 46.0 Å². The van der Waals surface area contributed by atoms with Crippen molar-refractivity contribution < 1.29 is 43.3 Å². The number of aliphatic hydroxyl groups is 1. The highest BCUT2D eigenvalue weighted by Crippen LogP contribution is 2.58. The molecule has 0 radical (unpaired) electrons. The number of nitrogens with zero attached hydrogens (tertiary/aromatic N) is 2. The molecule has 6 atom stereocenters. The van der Waals surface area contributed by atoms with E-state index in [1.165, 1.54) is 16.0 Å². The van der Waals surface area contributed by atoms with Gasteiger partial charge in [0.25, 0.3) is 5.91 Å². The Morgan fingerprint density at radius 3 is 2.45 bits per heavy atom. The summed E-state index contributed by atoms with van der Waals surface area (Å²) in [6.07, 6.45) is 1.39. The molecule has 4 fully saturated rings. The van der Waals surface area contributed by atoms with Crippen LogP contribution in [0.2, 0.25) is 0 Å². The van der Waals surface area contributed by atoms with Crippen LogP contribution in [0.1, 0.15) is 44.6 Å². The quantitative estimate of drug-likeness (QED) is 0.209. The van der Waals surface area contributed by atoms with Crippen LogP contribution in [0.5, 0.6) is 0 Å². The van der Waals surface area contributed by atoms with Gasteiger partial charge in [0.2, 0.25) is 11.8 Å². The standard InChI is InChI=1S/C40H42N4O9/c1-43(2)31(46)15-14-25-9-3-6-12-29(25)23-44-34-37(48)50-30-21-40(34,38(49)42-22-24-8-7-13-26(18-24)36(47)41-16-17-45)35(53-44)33-32(30)51-39(52-33)19-27-10-4-5-11-28(27)20-39/h3-15,18,30,32-35,45H,16-17,19-23H2,1-2H3,(H,41,47)(H,42,49). The summed E-state index contributed by atoms with van der Waals surface area (Å²) in [5, 5.41) is 16.4. The average molecular weight is 723 g/mol. The largest absolute Gasteiger partial charge is 0.458 e. The Morgan fingerprint density at radius 2 is 1.70 bits per heavy atom. The second kappa shape index (κ2) is 13.8. The highest BCUT2D eigenvalue weighted by Gasteiger charge is 2.76. The normalized spacial score (nSPS) is 27.7. The minimum absolute atomic E-state index is 0.0824. The van der Waals surface area contributed by atoms with Crippen LogP contribution in [0.3, 0.4) is 0 Å². The maximum Gasteiger partial charge on any atom is 0.327 e. The zero-order valence-corrected chi connectivity index (χ0v) is 29.5. The second-order valence-corrected chi connectivity index (χ2v) is 14.5. The van der Waals surface area contributed by atoms with Gasteiger partial charge < -0.3 is 34.9 Å². The topological polar surface area (TPSA) is 156 Å². The first-order chi connectivity index (χ1) is 25.6. The summed E-state index contributed by atoms with van der Waals surface area (Å²) in [6, 6.07) is 21.3. The van der Waals surface area contributed by atoms with E-state index >= 15 is 0 Å². The molecule has 3 amide bonds. The number of carbonyl (C=O) groups is 4. The number of hydroxylamine groups is 2. The van der Waals surface area contributed by atoms with Gasteiger partial charge in [-0.1, -0.05) is 60.7 Å². The Bertz CT molecular complexity index is 1960. The SMILES string of the molecule is CN(C)C(=O)C=Cc1ccccc1CN1OC2C3OC4(Cc5ccccc5C4)OC3C3CC2(C(=O)NCc2cccc(C(=O)NCCO)c2)C1C(=O)O3. The Labute approximate surface area is 306 Å². The molecule has 3 aliphatic heterocycles. The van der Waals surface area contributed by atoms with E-state index in [2.05, 4.69) is 22.8 Å². The molecule has 53 heavy (non-hydrogen) atoms. The Hall–Kier alpha value is -4.92. The fourth-order valence-corrected chi connectivity index (χ4v) is 8.52. The van der Waals surface area contributed by atoms with Crippen molar-refractivity contribution in [3.05, 3.63) is 112 Å².